The van der Waals surface area contributed by atoms with Crippen LogP contribution < -0.4 is 5.73 Å². The number of halogens is 2. The lowest BCUT2D eigenvalue weighted by atomic mass is 10.3. The van der Waals surface area contributed by atoms with Crippen LogP contribution in [-0.2, 0) is 9.84 Å². The lowest BCUT2D eigenvalue weighted by molar-refractivity contribution is 0.581. The minimum atomic E-state index is -3.66. The van der Waals surface area contributed by atoms with E-state index in [0.29, 0.717) is 5.69 Å². The molecule has 0 saturated carbocycles. The van der Waals surface area contributed by atoms with Gasteiger partial charge in [0.15, 0.2) is 14.0 Å². The van der Waals surface area contributed by atoms with Gasteiger partial charge in [-0.1, -0.05) is 6.07 Å². The van der Waals surface area contributed by atoms with Crippen molar-refractivity contribution in [1.82, 2.24) is 0 Å². The fraction of sp³-hybridized carbons (Fsp3) is 0.333. The molecule has 6 heteroatoms. The predicted molar refractivity (Wildman–Crippen MR) is 63.0 cm³/mol. The maximum absolute atomic E-state index is 12.0. The molecule has 1 atom stereocenters. The Morgan fingerprint density at radius 2 is 2.07 bits per heavy atom. The van der Waals surface area contributed by atoms with Crippen LogP contribution in [0, 0.1) is 0 Å². The number of hydrogen-bond donors (Lipinski definition) is 1. The van der Waals surface area contributed by atoms with Crippen molar-refractivity contribution in [2.24, 2.45) is 0 Å². The van der Waals surface area contributed by atoms with Crippen molar-refractivity contribution in [2.75, 3.05) is 11.6 Å². The Kier molecular flexibility index (Phi) is 3.53. The molecule has 0 bridgehead atoms. The predicted octanol–water partition coefficient (Wildman–Crippen LogP) is 2.24. The van der Waals surface area contributed by atoms with Crippen LogP contribution in [0.2, 0.25) is 0 Å². The Hall–Kier alpha value is -0.450. The Bertz CT molecular complexity index is 457. The molecule has 0 heterocycles. The molecule has 15 heavy (non-hydrogen) atoms. The first-order valence-electron chi connectivity index (χ1n) is 4.16. The Labute approximate surface area is 99.1 Å². The second kappa shape index (κ2) is 4.20. The Balaban J connectivity index is 3.30. The third-order valence-corrected chi connectivity index (χ3v) is 5.68. The Morgan fingerprint density at radius 3 is 2.53 bits per heavy atom. The molecule has 3 nitrogen and oxygen atoms in total. The van der Waals surface area contributed by atoms with Gasteiger partial charge in [0.05, 0.1) is 10.8 Å². The standard InChI is InChI=1S/C9H11Cl2NO2S/c1-9(11,6-10)15(13,14)8-4-2-3-7(12)5-8/h2-5H,6,12H2,1H3. The molecular weight excluding hydrogens is 257 g/mol. The van der Waals surface area contributed by atoms with Gasteiger partial charge in [0.2, 0.25) is 0 Å². The van der Waals surface area contributed by atoms with E-state index in [1.165, 1.54) is 19.1 Å². The van der Waals surface area contributed by atoms with Gasteiger partial charge in [-0.05, 0) is 25.1 Å². The first kappa shape index (κ1) is 12.6. The normalized spacial score (nSPS) is 15.9. The maximum Gasteiger partial charge on any atom is 0.198 e. The second-order valence-corrected chi connectivity index (χ2v) is 7.02. The van der Waals surface area contributed by atoms with Crippen molar-refractivity contribution < 1.29 is 8.42 Å². The number of hydrogen-bond acceptors (Lipinski definition) is 3. The number of alkyl halides is 2. The first-order valence-corrected chi connectivity index (χ1v) is 6.56. The molecule has 0 aliphatic rings. The molecule has 1 aromatic carbocycles. The van der Waals surface area contributed by atoms with Crippen LogP contribution in [-0.4, -0.2) is 18.5 Å². The van der Waals surface area contributed by atoms with E-state index < -0.39 is 14.0 Å². The number of nitrogen functional groups attached to an aromatic ring is 1. The summed E-state index contributed by atoms with van der Waals surface area (Å²) < 4.78 is 22.4. The summed E-state index contributed by atoms with van der Waals surface area (Å²) in [6, 6.07) is 5.97. The summed E-state index contributed by atoms with van der Waals surface area (Å²) in [6.45, 7) is 1.36. The summed E-state index contributed by atoms with van der Waals surface area (Å²) in [5.74, 6) is -0.189. The molecule has 0 radical (unpaired) electrons. The summed E-state index contributed by atoms with van der Waals surface area (Å²) >= 11 is 11.4. The number of nitrogens with two attached hydrogens (primary N) is 1. The molecule has 0 aliphatic heterocycles. The topological polar surface area (TPSA) is 60.2 Å². The van der Waals surface area contributed by atoms with Gasteiger partial charge in [-0.25, -0.2) is 8.42 Å². The summed E-state index contributed by atoms with van der Waals surface area (Å²) in [5.41, 5.74) is 5.87. The van der Waals surface area contributed by atoms with E-state index in [1.807, 2.05) is 0 Å². The fourth-order valence-electron chi connectivity index (χ4n) is 0.999. The van der Waals surface area contributed by atoms with Crippen molar-refractivity contribution in [3.63, 3.8) is 0 Å². The van der Waals surface area contributed by atoms with Gasteiger partial charge in [0.25, 0.3) is 0 Å². The van der Waals surface area contributed by atoms with E-state index in [9.17, 15) is 8.42 Å². The van der Waals surface area contributed by atoms with E-state index >= 15 is 0 Å². The average Bonchev–Trinajstić information content (AvgIpc) is 2.17. The maximum atomic E-state index is 12.0. The average molecular weight is 268 g/mol. The van der Waals surface area contributed by atoms with E-state index in [2.05, 4.69) is 0 Å². The largest absolute Gasteiger partial charge is 0.399 e. The van der Waals surface area contributed by atoms with Crippen LogP contribution in [0.15, 0.2) is 29.2 Å². The van der Waals surface area contributed by atoms with Crippen molar-refractivity contribution in [3.8, 4) is 0 Å². The second-order valence-electron chi connectivity index (χ2n) is 3.31. The lowest BCUT2D eigenvalue weighted by Gasteiger charge is -2.19. The third kappa shape index (κ3) is 2.38. The molecule has 1 rings (SSSR count). The van der Waals surface area contributed by atoms with E-state index in [-0.39, 0.29) is 10.8 Å². The number of anilines is 1. The monoisotopic (exact) mass is 267 g/mol. The molecule has 0 saturated heterocycles. The minimum absolute atomic E-state index is 0.0839. The fourth-order valence-corrected chi connectivity index (χ4v) is 2.88. The van der Waals surface area contributed by atoms with Crippen LogP contribution in [0.25, 0.3) is 0 Å². The Morgan fingerprint density at radius 1 is 1.47 bits per heavy atom. The van der Waals surface area contributed by atoms with Gasteiger partial charge in [-0.3, -0.25) is 0 Å². The van der Waals surface area contributed by atoms with E-state index in [4.69, 9.17) is 28.9 Å². The molecule has 0 spiro atoms. The highest BCUT2D eigenvalue weighted by Gasteiger charge is 2.37. The van der Waals surface area contributed by atoms with Gasteiger partial charge < -0.3 is 5.73 Å². The van der Waals surface area contributed by atoms with Crippen molar-refractivity contribution >= 4 is 38.7 Å². The summed E-state index contributed by atoms with van der Waals surface area (Å²) in [4.78, 5) is 0.0839. The molecule has 0 amide bonds. The molecule has 2 N–H and O–H groups in total. The molecular formula is C9H11Cl2NO2S. The van der Waals surface area contributed by atoms with Crippen molar-refractivity contribution in [1.29, 1.82) is 0 Å². The quantitative estimate of drug-likeness (QED) is 0.675. The van der Waals surface area contributed by atoms with E-state index in [0.717, 1.165) is 0 Å². The van der Waals surface area contributed by atoms with Gasteiger partial charge in [-0.15, -0.1) is 23.2 Å². The minimum Gasteiger partial charge on any atom is -0.399 e. The van der Waals surface area contributed by atoms with Crippen LogP contribution in [0.5, 0.6) is 0 Å². The molecule has 1 aromatic rings. The number of sulfone groups is 1. The van der Waals surface area contributed by atoms with Gasteiger partial charge in [0, 0.05) is 5.69 Å². The first-order chi connectivity index (χ1) is 6.81. The van der Waals surface area contributed by atoms with Crippen molar-refractivity contribution in [2.45, 2.75) is 16.0 Å². The smallest absolute Gasteiger partial charge is 0.198 e. The SMILES string of the molecule is CC(Cl)(CCl)S(=O)(=O)c1cccc(N)c1. The number of rotatable bonds is 3. The molecule has 1 unspecified atom stereocenters. The highest BCUT2D eigenvalue weighted by atomic mass is 35.5. The van der Waals surface area contributed by atoms with Crippen LogP contribution >= 0.6 is 23.2 Å². The molecule has 0 fully saturated rings. The van der Waals surface area contributed by atoms with Crippen LogP contribution in [0.1, 0.15) is 6.92 Å². The van der Waals surface area contributed by atoms with Gasteiger partial charge in [0.1, 0.15) is 0 Å². The van der Waals surface area contributed by atoms with E-state index in [1.54, 1.807) is 12.1 Å². The zero-order chi connectivity index (χ0) is 11.7. The highest BCUT2D eigenvalue weighted by molar-refractivity contribution is 7.94. The molecule has 0 aromatic heterocycles. The van der Waals surface area contributed by atoms with Crippen LogP contribution in [0.4, 0.5) is 5.69 Å². The van der Waals surface area contributed by atoms with Gasteiger partial charge >= 0.3 is 0 Å². The molecule has 0 aliphatic carbocycles. The highest BCUT2D eigenvalue weighted by Crippen LogP contribution is 2.31. The number of benzene rings is 1. The van der Waals surface area contributed by atoms with Gasteiger partial charge in [-0.2, -0.15) is 0 Å². The summed E-state index contributed by atoms with van der Waals surface area (Å²) in [5, 5.41) is 0. The summed E-state index contributed by atoms with van der Waals surface area (Å²) in [6.07, 6.45) is 0. The zero-order valence-corrected chi connectivity index (χ0v) is 10.4. The lowest BCUT2D eigenvalue weighted by Crippen LogP contribution is -2.31. The van der Waals surface area contributed by atoms with Crippen LogP contribution in [0.3, 0.4) is 0 Å². The zero-order valence-electron chi connectivity index (χ0n) is 8.07. The summed E-state index contributed by atoms with van der Waals surface area (Å²) in [7, 11) is -3.66. The molecule has 84 valence electrons. The third-order valence-electron chi connectivity index (χ3n) is 1.97. The van der Waals surface area contributed by atoms with Crippen molar-refractivity contribution in [3.05, 3.63) is 24.3 Å².